The summed E-state index contributed by atoms with van der Waals surface area (Å²) in [5.41, 5.74) is 3.24. The second-order valence-electron chi connectivity index (χ2n) is 5.83. The number of amides is 1. The van der Waals surface area contributed by atoms with E-state index in [9.17, 15) is 4.79 Å². The summed E-state index contributed by atoms with van der Waals surface area (Å²) in [5.74, 6) is 0.551. The number of aromatic nitrogens is 1. The van der Waals surface area contributed by atoms with Gasteiger partial charge < -0.3 is 10.2 Å². The molecule has 0 aliphatic rings. The molecular formula is C19H25N3O. The lowest BCUT2D eigenvalue weighted by Gasteiger charge is -2.18. The van der Waals surface area contributed by atoms with Gasteiger partial charge in [-0.1, -0.05) is 37.6 Å². The number of hydrogen-bond donors (Lipinski definition) is 1. The molecule has 1 N–H and O–H groups in total. The van der Waals surface area contributed by atoms with Crippen molar-refractivity contribution in [1.82, 2.24) is 4.98 Å². The van der Waals surface area contributed by atoms with Crippen molar-refractivity contribution < 1.29 is 4.79 Å². The smallest absolute Gasteiger partial charge is 0.229 e. The predicted octanol–water partition coefficient (Wildman–Crippen LogP) is 3.81. The van der Waals surface area contributed by atoms with E-state index in [1.807, 2.05) is 43.3 Å². The highest BCUT2D eigenvalue weighted by atomic mass is 16.1. The van der Waals surface area contributed by atoms with Crippen molar-refractivity contribution in [2.75, 3.05) is 23.8 Å². The summed E-state index contributed by atoms with van der Waals surface area (Å²) in [6.45, 7) is 5.21. The van der Waals surface area contributed by atoms with E-state index in [0.717, 1.165) is 29.8 Å². The van der Waals surface area contributed by atoms with Crippen LogP contribution in [0.4, 0.5) is 11.5 Å². The van der Waals surface area contributed by atoms with Crippen LogP contribution in [0.2, 0.25) is 0 Å². The van der Waals surface area contributed by atoms with Gasteiger partial charge in [-0.05, 0) is 36.6 Å². The average molecular weight is 311 g/mol. The van der Waals surface area contributed by atoms with Crippen molar-refractivity contribution in [1.29, 1.82) is 0 Å². The molecule has 0 radical (unpaired) electrons. The fourth-order valence-corrected chi connectivity index (χ4v) is 2.38. The summed E-state index contributed by atoms with van der Waals surface area (Å²) in [6.07, 6.45) is 4.50. The molecule has 0 atom stereocenters. The van der Waals surface area contributed by atoms with Crippen LogP contribution in [0.3, 0.4) is 0 Å². The van der Waals surface area contributed by atoms with Crippen molar-refractivity contribution in [3.05, 3.63) is 53.7 Å². The van der Waals surface area contributed by atoms with Gasteiger partial charge in [-0.3, -0.25) is 4.79 Å². The minimum Gasteiger partial charge on any atom is -0.373 e. The first-order valence-corrected chi connectivity index (χ1v) is 8.11. The summed E-state index contributed by atoms with van der Waals surface area (Å²) in [5, 5.41) is 2.86. The van der Waals surface area contributed by atoms with Gasteiger partial charge in [0.2, 0.25) is 5.91 Å². The quantitative estimate of drug-likeness (QED) is 0.846. The molecule has 2 rings (SSSR count). The van der Waals surface area contributed by atoms with Crippen molar-refractivity contribution in [2.24, 2.45) is 0 Å². The van der Waals surface area contributed by atoms with E-state index in [1.54, 1.807) is 6.20 Å². The van der Waals surface area contributed by atoms with Gasteiger partial charge in [-0.15, -0.1) is 0 Å². The molecule has 0 spiro atoms. The van der Waals surface area contributed by atoms with Crippen molar-refractivity contribution in [2.45, 2.75) is 33.1 Å². The van der Waals surface area contributed by atoms with Crippen LogP contribution in [-0.4, -0.2) is 24.5 Å². The van der Waals surface area contributed by atoms with E-state index >= 15 is 0 Å². The van der Waals surface area contributed by atoms with Crippen LogP contribution in [0.5, 0.6) is 0 Å². The molecule has 0 aliphatic heterocycles. The number of aryl methyl sites for hydroxylation is 1. The standard InChI is InChI=1S/C19H25N3O/c1-4-5-12-22(3)17-10-11-18(20-14-17)21-19(23)13-16-9-7-6-8-15(16)2/h6-11,14H,4-5,12-13H2,1-3H3,(H,20,21,23). The highest BCUT2D eigenvalue weighted by Crippen LogP contribution is 2.15. The first-order chi connectivity index (χ1) is 11.1. The largest absolute Gasteiger partial charge is 0.373 e. The average Bonchev–Trinajstić information content (AvgIpc) is 2.55. The molecule has 1 heterocycles. The van der Waals surface area contributed by atoms with Crippen LogP contribution >= 0.6 is 0 Å². The molecule has 1 aromatic heterocycles. The van der Waals surface area contributed by atoms with E-state index in [-0.39, 0.29) is 5.91 Å². The Bertz CT molecular complexity index is 637. The Kier molecular flexibility index (Phi) is 6.15. The Morgan fingerprint density at radius 1 is 1.22 bits per heavy atom. The lowest BCUT2D eigenvalue weighted by molar-refractivity contribution is -0.115. The molecule has 1 aromatic carbocycles. The van der Waals surface area contributed by atoms with Crippen molar-refractivity contribution in [3.8, 4) is 0 Å². The predicted molar refractivity (Wildman–Crippen MR) is 95.9 cm³/mol. The Morgan fingerprint density at radius 2 is 2.00 bits per heavy atom. The number of carbonyl (C=O) groups excluding carboxylic acids is 1. The second kappa shape index (κ2) is 8.32. The number of benzene rings is 1. The molecule has 4 nitrogen and oxygen atoms in total. The van der Waals surface area contributed by atoms with Crippen molar-refractivity contribution in [3.63, 3.8) is 0 Å². The fraction of sp³-hybridized carbons (Fsp3) is 0.368. The summed E-state index contributed by atoms with van der Waals surface area (Å²) in [4.78, 5) is 18.6. The third kappa shape index (κ3) is 5.09. The monoisotopic (exact) mass is 311 g/mol. The second-order valence-corrected chi connectivity index (χ2v) is 5.83. The number of hydrogen-bond acceptors (Lipinski definition) is 3. The molecule has 0 saturated carbocycles. The molecule has 0 fully saturated rings. The summed E-state index contributed by atoms with van der Waals surface area (Å²) in [7, 11) is 2.06. The minimum atomic E-state index is -0.0427. The van der Waals surface area contributed by atoms with Crippen LogP contribution < -0.4 is 10.2 Å². The first kappa shape index (κ1) is 17.0. The van der Waals surface area contributed by atoms with Gasteiger partial charge in [0, 0.05) is 13.6 Å². The normalized spacial score (nSPS) is 10.4. The first-order valence-electron chi connectivity index (χ1n) is 8.11. The third-order valence-corrected chi connectivity index (χ3v) is 3.92. The van der Waals surface area contributed by atoms with Gasteiger partial charge in [0.15, 0.2) is 0 Å². The molecule has 0 unspecified atom stereocenters. The zero-order valence-corrected chi connectivity index (χ0v) is 14.2. The lowest BCUT2D eigenvalue weighted by Crippen LogP contribution is -2.19. The molecule has 2 aromatic rings. The van der Waals surface area contributed by atoms with Gasteiger partial charge in [0.25, 0.3) is 0 Å². The Labute approximate surface area is 138 Å². The summed E-state index contributed by atoms with van der Waals surface area (Å²) < 4.78 is 0. The number of carbonyl (C=O) groups is 1. The number of rotatable bonds is 7. The molecule has 0 saturated heterocycles. The maximum atomic E-state index is 12.1. The lowest BCUT2D eigenvalue weighted by atomic mass is 10.1. The number of unbranched alkanes of at least 4 members (excludes halogenated alkanes) is 1. The minimum absolute atomic E-state index is 0.0427. The van der Waals surface area contributed by atoms with E-state index in [1.165, 1.54) is 6.42 Å². The van der Waals surface area contributed by atoms with Crippen molar-refractivity contribution >= 4 is 17.4 Å². The van der Waals surface area contributed by atoms with Crippen LogP contribution in [-0.2, 0) is 11.2 Å². The number of anilines is 2. The molecule has 4 heteroatoms. The highest BCUT2D eigenvalue weighted by Gasteiger charge is 2.07. The SMILES string of the molecule is CCCCN(C)c1ccc(NC(=O)Cc2ccccc2C)nc1. The van der Waals surface area contributed by atoms with E-state index in [2.05, 4.69) is 29.2 Å². The Balaban J connectivity index is 1.93. The number of nitrogens with zero attached hydrogens (tertiary/aromatic N) is 2. The van der Waals surface area contributed by atoms with Crippen LogP contribution in [0.25, 0.3) is 0 Å². The number of nitrogens with one attached hydrogen (secondary N) is 1. The molecule has 0 aliphatic carbocycles. The number of pyridine rings is 1. The summed E-state index contributed by atoms with van der Waals surface area (Å²) >= 11 is 0. The topological polar surface area (TPSA) is 45.2 Å². The van der Waals surface area contributed by atoms with Crippen LogP contribution in [0, 0.1) is 6.92 Å². The molecule has 23 heavy (non-hydrogen) atoms. The van der Waals surface area contributed by atoms with E-state index in [4.69, 9.17) is 0 Å². The molecular weight excluding hydrogens is 286 g/mol. The maximum Gasteiger partial charge on any atom is 0.229 e. The molecule has 122 valence electrons. The van der Waals surface area contributed by atoms with Gasteiger partial charge >= 0.3 is 0 Å². The van der Waals surface area contributed by atoms with Gasteiger partial charge in [-0.2, -0.15) is 0 Å². The Hall–Kier alpha value is -2.36. The summed E-state index contributed by atoms with van der Waals surface area (Å²) in [6, 6.07) is 11.8. The molecule has 1 amide bonds. The van der Waals surface area contributed by atoms with Crippen LogP contribution in [0.15, 0.2) is 42.6 Å². The maximum absolute atomic E-state index is 12.1. The highest BCUT2D eigenvalue weighted by molar-refractivity contribution is 5.91. The zero-order valence-electron chi connectivity index (χ0n) is 14.2. The van der Waals surface area contributed by atoms with Gasteiger partial charge in [-0.25, -0.2) is 4.98 Å². The zero-order chi connectivity index (χ0) is 16.7. The van der Waals surface area contributed by atoms with E-state index in [0.29, 0.717) is 12.2 Å². The third-order valence-electron chi connectivity index (χ3n) is 3.92. The molecule has 0 bridgehead atoms. The van der Waals surface area contributed by atoms with Crippen LogP contribution in [0.1, 0.15) is 30.9 Å². The van der Waals surface area contributed by atoms with Gasteiger partial charge in [0.05, 0.1) is 18.3 Å². The van der Waals surface area contributed by atoms with Gasteiger partial charge in [0.1, 0.15) is 5.82 Å². The Morgan fingerprint density at radius 3 is 2.65 bits per heavy atom. The fourth-order valence-electron chi connectivity index (χ4n) is 2.38. The van der Waals surface area contributed by atoms with E-state index < -0.39 is 0 Å².